The molecule has 2 bridgehead atoms. The third-order valence-electron chi connectivity index (χ3n) is 6.05. The van der Waals surface area contributed by atoms with Crippen molar-refractivity contribution in [3.8, 4) is 18.2 Å². The second kappa shape index (κ2) is 5.53. The predicted molar refractivity (Wildman–Crippen MR) is 87.9 cm³/mol. The molecule has 7 nitrogen and oxygen atoms in total. The van der Waals surface area contributed by atoms with Gasteiger partial charge >= 0.3 is 0 Å². The zero-order chi connectivity index (χ0) is 18.4. The fourth-order valence-corrected chi connectivity index (χ4v) is 4.87. The second-order valence-electron chi connectivity index (χ2n) is 7.13. The lowest BCUT2D eigenvalue weighted by Crippen LogP contribution is -2.59. The molecule has 3 aliphatic rings. The van der Waals surface area contributed by atoms with E-state index in [9.17, 15) is 15.8 Å². The third kappa shape index (κ3) is 1.72. The highest BCUT2D eigenvalue weighted by Gasteiger charge is 2.80. The van der Waals surface area contributed by atoms with Crippen LogP contribution in [0.5, 0.6) is 0 Å². The molecule has 2 saturated heterocycles. The highest BCUT2D eigenvalue weighted by atomic mass is 16.7. The average Bonchev–Trinajstić information content (AvgIpc) is 2.81. The van der Waals surface area contributed by atoms with Crippen LogP contribution in [0.15, 0.2) is 24.5 Å². The van der Waals surface area contributed by atoms with Gasteiger partial charge in [-0.2, -0.15) is 15.8 Å². The number of hydrogen-bond donors (Lipinski definition) is 1. The Labute approximate surface area is 151 Å². The first kappa shape index (κ1) is 16.5. The van der Waals surface area contributed by atoms with Gasteiger partial charge in [-0.05, 0) is 18.9 Å². The Morgan fingerprint density at radius 2 is 1.96 bits per heavy atom. The van der Waals surface area contributed by atoms with E-state index in [-0.39, 0.29) is 5.90 Å². The van der Waals surface area contributed by atoms with Crippen molar-refractivity contribution in [2.75, 3.05) is 0 Å². The lowest BCUT2D eigenvalue weighted by molar-refractivity contribution is -0.285. The molecule has 0 amide bonds. The minimum Gasteiger partial charge on any atom is -0.447 e. The molecule has 130 valence electrons. The van der Waals surface area contributed by atoms with Crippen LogP contribution >= 0.6 is 0 Å². The second-order valence-corrected chi connectivity index (χ2v) is 7.13. The summed E-state index contributed by atoms with van der Waals surface area (Å²) < 4.78 is 12.2. The zero-order valence-electron chi connectivity index (χ0n) is 14.1. The van der Waals surface area contributed by atoms with Crippen molar-refractivity contribution in [3.63, 3.8) is 0 Å². The first-order valence-corrected chi connectivity index (χ1v) is 8.70. The van der Waals surface area contributed by atoms with Gasteiger partial charge in [0.2, 0.25) is 17.1 Å². The van der Waals surface area contributed by atoms with Gasteiger partial charge in [0.25, 0.3) is 0 Å². The third-order valence-corrected chi connectivity index (χ3v) is 6.05. The summed E-state index contributed by atoms with van der Waals surface area (Å²) >= 11 is 0. The van der Waals surface area contributed by atoms with E-state index in [0.29, 0.717) is 18.4 Å². The number of rotatable bonds is 1. The molecule has 1 saturated carbocycles. The van der Waals surface area contributed by atoms with Crippen LogP contribution in [-0.2, 0) is 9.47 Å². The van der Waals surface area contributed by atoms with Crippen molar-refractivity contribution < 1.29 is 9.47 Å². The SMILES string of the molecule is N#CC1(C#N)[C@H](c2cccnc2)O[C@@]23CCCCC[C@@H]2[C@@]1(C#N)C(=N)O3. The van der Waals surface area contributed by atoms with Crippen LogP contribution in [0.25, 0.3) is 0 Å². The number of nitrogens with zero attached hydrogens (tertiary/aromatic N) is 4. The van der Waals surface area contributed by atoms with Crippen LogP contribution in [0.4, 0.5) is 0 Å². The lowest BCUT2D eigenvalue weighted by atomic mass is 9.52. The molecular weight excluding hydrogens is 330 g/mol. The summed E-state index contributed by atoms with van der Waals surface area (Å²) in [6, 6.07) is 9.72. The van der Waals surface area contributed by atoms with Gasteiger partial charge in [0, 0.05) is 24.4 Å². The molecule has 7 heteroatoms. The summed E-state index contributed by atoms with van der Waals surface area (Å²) in [6.07, 6.45) is 5.89. The molecule has 1 aliphatic carbocycles. The van der Waals surface area contributed by atoms with Gasteiger partial charge in [-0.25, -0.2) is 0 Å². The molecule has 0 aromatic carbocycles. The first-order chi connectivity index (χ1) is 12.6. The molecule has 0 spiro atoms. The number of aromatic nitrogens is 1. The number of nitrogens with one attached hydrogen (secondary N) is 1. The van der Waals surface area contributed by atoms with E-state index >= 15 is 0 Å². The summed E-state index contributed by atoms with van der Waals surface area (Å²) in [5.41, 5.74) is -2.99. The van der Waals surface area contributed by atoms with E-state index in [4.69, 9.17) is 14.9 Å². The van der Waals surface area contributed by atoms with Crippen molar-refractivity contribution in [2.45, 2.75) is 44.0 Å². The maximum absolute atomic E-state index is 10.2. The van der Waals surface area contributed by atoms with Crippen molar-refractivity contribution in [3.05, 3.63) is 30.1 Å². The molecule has 1 aromatic heterocycles. The van der Waals surface area contributed by atoms with Crippen LogP contribution < -0.4 is 0 Å². The molecule has 1 aromatic rings. The largest absolute Gasteiger partial charge is 0.447 e. The van der Waals surface area contributed by atoms with Crippen LogP contribution in [0.1, 0.15) is 43.8 Å². The molecule has 4 atom stereocenters. The Morgan fingerprint density at radius 1 is 1.15 bits per heavy atom. The Hall–Kier alpha value is -2.95. The van der Waals surface area contributed by atoms with E-state index in [1.807, 2.05) is 0 Å². The van der Waals surface area contributed by atoms with Crippen LogP contribution in [-0.4, -0.2) is 16.7 Å². The average molecular weight is 347 g/mol. The number of pyridine rings is 1. The predicted octanol–water partition coefficient (Wildman–Crippen LogP) is 2.98. The monoisotopic (exact) mass is 347 g/mol. The van der Waals surface area contributed by atoms with E-state index < -0.39 is 28.6 Å². The fraction of sp³-hybridized carbons (Fsp3) is 0.526. The molecule has 0 unspecified atom stereocenters. The maximum atomic E-state index is 10.2. The Bertz CT molecular complexity index is 866. The molecular formula is C19H17N5O2. The molecule has 0 radical (unpaired) electrons. The highest BCUT2D eigenvalue weighted by molar-refractivity contribution is 5.89. The Balaban J connectivity index is 2.01. The summed E-state index contributed by atoms with van der Waals surface area (Å²) in [5.74, 6) is -1.97. The first-order valence-electron chi connectivity index (χ1n) is 8.70. The summed E-state index contributed by atoms with van der Waals surface area (Å²) in [7, 11) is 0. The van der Waals surface area contributed by atoms with Gasteiger partial charge in [-0.3, -0.25) is 10.4 Å². The Morgan fingerprint density at radius 3 is 2.62 bits per heavy atom. The summed E-state index contributed by atoms with van der Waals surface area (Å²) in [5, 5.41) is 38.8. The Kier molecular flexibility index (Phi) is 3.51. The highest BCUT2D eigenvalue weighted by Crippen LogP contribution is 2.68. The molecule has 26 heavy (non-hydrogen) atoms. The fourth-order valence-electron chi connectivity index (χ4n) is 4.87. The number of nitriles is 3. The molecule has 3 fully saturated rings. The van der Waals surface area contributed by atoms with Gasteiger partial charge in [-0.15, -0.1) is 0 Å². The standard InChI is InChI=1S/C19H17N5O2/c20-10-17(11-21)15(13-5-4-8-24-9-13)25-19-7-3-1-2-6-14(19)18(17,12-22)16(23)26-19/h4-5,8-9,14-15,23H,1-3,6-7H2/t14-,15+,18+,19-/m1/s1. The maximum Gasteiger partial charge on any atom is 0.217 e. The van der Waals surface area contributed by atoms with Crippen molar-refractivity contribution in [1.29, 1.82) is 21.2 Å². The van der Waals surface area contributed by atoms with Crippen LogP contribution in [0.3, 0.4) is 0 Å². The number of ether oxygens (including phenoxy) is 2. The summed E-state index contributed by atoms with van der Waals surface area (Å²) in [6.45, 7) is 0. The van der Waals surface area contributed by atoms with Crippen molar-refractivity contribution >= 4 is 5.90 Å². The minimum atomic E-state index is -1.88. The van der Waals surface area contributed by atoms with E-state index in [2.05, 4.69) is 23.2 Å². The van der Waals surface area contributed by atoms with Gasteiger partial charge in [0.1, 0.15) is 6.10 Å². The van der Waals surface area contributed by atoms with Gasteiger partial charge < -0.3 is 9.47 Å². The molecule has 2 aliphatic heterocycles. The van der Waals surface area contributed by atoms with Crippen LogP contribution in [0, 0.1) is 56.2 Å². The van der Waals surface area contributed by atoms with Gasteiger partial charge in [0.15, 0.2) is 5.41 Å². The topological polar surface area (TPSA) is 127 Å². The van der Waals surface area contributed by atoms with Crippen molar-refractivity contribution in [1.82, 2.24) is 4.98 Å². The summed E-state index contributed by atoms with van der Waals surface area (Å²) in [4.78, 5) is 4.08. The van der Waals surface area contributed by atoms with E-state index in [1.54, 1.807) is 18.3 Å². The smallest absolute Gasteiger partial charge is 0.217 e. The van der Waals surface area contributed by atoms with Gasteiger partial charge in [-0.1, -0.05) is 18.9 Å². The molecule has 1 N–H and O–H groups in total. The van der Waals surface area contributed by atoms with E-state index in [1.165, 1.54) is 6.20 Å². The quantitative estimate of drug-likeness (QED) is 0.832. The molecule has 3 heterocycles. The normalized spacial score (nSPS) is 37.2. The molecule has 4 rings (SSSR count). The zero-order valence-corrected chi connectivity index (χ0v) is 14.1. The van der Waals surface area contributed by atoms with Crippen molar-refractivity contribution in [2.24, 2.45) is 16.7 Å². The van der Waals surface area contributed by atoms with Crippen LogP contribution in [0.2, 0.25) is 0 Å². The minimum absolute atomic E-state index is 0.318. The number of hydrogen-bond acceptors (Lipinski definition) is 7. The lowest BCUT2D eigenvalue weighted by Gasteiger charge is -2.49. The van der Waals surface area contributed by atoms with E-state index in [0.717, 1.165) is 19.3 Å². The van der Waals surface area contributed by atoms with Gasteiger partial charge in [0.05, 0.1) is 24.1 Å².